The van der Waals surface area contributed by atoms with E-state index < -0.39 is 12.6 Å². The first-order valence-corrected chi connectivity index (χ1v) is 3.23. The summed E-state index contributed by atoms with van der Waals surface area (Å²) in [7, 11) is 0. The van der Waals surface area contributed by atoms with Crippen molar-refractivity contribution in [1.29, 1.82) is 0 Å². The largest absolute Gasteiger partial charge is 0.508 e. The molecule has 0 aliphatic rings. The predicted octanol–water partition coefficient (Wildman–Crippen LogP) is 0.456. The van der Waals surface area contributed by atoms with Gasteiger partial charge < -0.3 is 15.3 Å². The van der Waals surface area contributed by atoms with Gasteiger partial charge in [0.2, 0.25) is 0 Å². The van der Waals surface area contributed by atoms with Crippen LogP contribution < -0.4 is 0 Å². The SMILES string of the molecule is O=C(O)CO.Oc1ccccc1. The average molecular weight is 170 g/mol. The molecule has 0 atom stereocenters. The predicted molar refractivity (Wildman–Crippen MR) is 42.8 cm³/mol. The molecule has 0 saturated heterocycles. The molecule has 0 saturated carbocycles. The number of benzene rings is 1. The van der Waals surface area contributed by atoms with Crippen molar-refractivity contribution in [2.24, 2.45) is 0 Å². The van der Waals surface area contributed by atoms with E-state index >= 15 is 0 Å². The number of carboxylic acids is 1. The molecular weight excluding hydrogens is 160 g/mol. The number of para-hydroxylation sites is 1. The van der Waals surface area contributed by atoms with E-state index in [2.05, 4.69) is 0 Å². The van der Waals surface area contributed by atoms with Crippen LogP contribution in [-0.4, -0.2) is 27.9 Å². The third-order valence-corrected chi connectivity index (χ3v) is 0.891. The van der Waals surface area contributed by atoms with Crippen molar-refractivity contribution in [3.8, 4) is 5.75 Å². The lowest BCUT2D eigenvalue weighted by atomic mass is 10.3. The van der Waals surface area contributed by atoms with Gasteiger partial charge in [-0.05, 0) is 12.1 Å². The molecule has 1 rings (SSSR count). The molecule has 0 amide bonds. The second kappa shape index (κ2) is 6.18. The van der Waals surface area contributed by atoms with Crippen LogP contribution in [0.5, 0.6) is 5.75 Å². The Morgan fingerprint density at radius 1 is 1.25 bits per heavy atom. The fraction of sp³-hybridized carbons (Fsp3) is 0.125. The number of phenolic OH excluding ortho intramolecular Hbond substituents is 1. The Bertz CT molecular complexity index is 220. The number of carboxylic acid groups (broad SMARTS) is 1. The monoisotopic (exact) mass is 170 g/mol. The van der Waals surface area contributed by atoms with E-state index in [4.69, 9.17) is 20.1 Å². The summed E-state index contributed by atoms with van der Waals surface area (Å²) >= 11 is 0. The molecule has 0 aromatic heterocycles. The summed E-state index contributed by atoms with van der Waals surface area (Å²) in [6.45, 7) is -0.778. The highest BCUT2D eigenvalue weighted by atomic mass is 16.4. The molecular formula is C8H10O4. The molecule has 0 unspecified atom stereocenters. The molecule has 0 heterocycles. The lowest BCUT2D eigenvalue weighted by molar-refractivity contribution is -0.140. The Labute approximate surface area is 69.7 Å². The number of hydrogen-bond acceptors (Lipinski definition) is 3. The minimum atomic E-state index is -1.19. The molecule has 0 fully saturated rings. The zero-order chi connectivity index (χ0) is 9.40. The number of rotatable bonds is 1. The lowest BCUT2D eigenvalue weighted by Crippen LogP contribution is -1.98. The van der Waals surface area contributed by atoms with Gasteiger partial charge in [0.25, 0.3) is 0 Å². The Balaban J connectivity index is 0.000000217. The first-order chi connectivity index (χ1) is 5.66. The van der Waals surface area contributed by atoms with Crippen LogP contribution in [0.2, 0.25) is 0 Å². The van der Waals surface area contributed by atoms with Gasteiger partial charge in [0.15, 0.2) is 0 Å². The zero-order valence-electron chi connectivity index (χ0n) is 6.34. The van der Waals surface area contributed by atoms with Crippen molar-refractivity contribution >= 4 is 5.97 Å². The minimum absolute atomic E-state index is 0.322. The van der Waals surface area contributed by atoms with Crippen LogP contribution >= 0.6 is 0 Å². The zero-order valence-corrected chi connectivity index (χ0v) is 6.34. The number of aliphatic hydroxyl groups is 1. The van der Waals surface area contributed by atoms with Crippen molar-refractivity contribution in [3.63, 3.8) is 0 Å². The van der Waals surface area contributed by atoms with E-state index in [1.165, 1.54) is 0 Å². The van der Waals surface area contributed by atoms with E-state index in [0.717, 1.165) is 0 Å². The minimum Gasteiger partial charge on any atom is -0.508 e. The van der Waals surface area contributed by atoms with E-state index in [-0.39, 0.29) is 0 Å². The van der Waals surface area contributed by atoms with Gasteiger partial charge >= 0.3 is 5.97 Å². The number of aliphatic hydroxyl groups excluding tert-OH is 1. The number of aromatic hydroxyl groups is 1. The fourth-order valence-corrected chi connectivity index (χ4v) is 0.428. The summed E-state index contributed by atoms with van der Waals surface area (Å²) in [6.07, 6.45) is 0. The van der Waals surface area contributed by atoms with Crippen LogP contribution in [0.25, 0.3) is 0 Å². The quantitative estimate of drug-likeness (QED) is 0.572. The molecule has 4 heteroatoms. The normalized spacial score (nSPS) is 8.08. The smallest absolute Gasteiger partial charge is 0.329 e. The van der Waals surface area contributed by atoms with Crippen LogP contribution in [0.15, 0.2) is 30.3 Å². The van der Waals surface area contributed by atoms with Crippen LogP contribution in [0.1, 0.15) is 0 Å². The number of carbonyl (C=O) groups is 1. The van der Waals surface area contributed by atoms with E-state index in [9.17, 15) is 0 Å². The molecule has 66 valence electrons. The summed E-state index contributed by atoms with van der Waals surface area (Å²) in [5.41, 5.74) is 0. The maximum Gasteiger partial charge on any atom is 0.329 e. The van der Waals surface area contributed by atoms with Gasteiger partial charge in [-0.25, -0.2) is 4.79 Å². The van der Waals surface area contributed by atoms with Crippen LogP contribution in [0, 0.1) is 0 Å². The molecule has 12 heavy (non-hydrogen) atoms. The van der Waals surface area contributed by atoms with Gasteiger partial charge in [0.1, 0.15) is 12.4 Å². The highest BCUT2D eigenvalue weighted by Crippen LogP contribution is 2.02. The maximum atomic E-state index is 9.12. The van der Waals surface area contributed by atoms with Crippen LogP contribution in [-0.2, 0) is 4.79 Å². The lowest BCUT2D eigenvalue weighted by Gasteiger charge is -1.82. The molecule has 0 spiro atoms. The van der Waals surface area contributed by atoms with Crippen molar-refractivity contribution in [1.82, 2.24) is 0 Å². The Kier molecular flexibility index (Phi) is 5.38. The van der Waals surface area contributed by atoms with Crippen molar-refractivity contribution < 1.29 is 20.1 Å². The summed E-state index contributed by atoms with van der Waals surface area (Å²) < 4.78 is 0. The summed E-state index contributed by atoms with van der Waals surface area (Å²) in [6, 6.07) is 8.71. The second-order valence-corrected chi connectivity index (χ2v) is 1.89. The summed E-state index contributed by atoms with van der Waals surface area (Å²) in [4.78, 5) is 9.12. The molecule has 3 N–H and O–H groups in total. The standard InChI is InChI=1S/C6H6O.C2H4O3/c7-6-4-2-1-3-5-6;3-1-2(4)5/h1-5,7H;3H,1H2,(H,4,5). The van der Waals surface area contributed by atoms with Gasteiger partial charge in [0, 0.05) is 0 Å². The highest BCUT2D eigenvalue weighted by Gasteiger charge is 1.82. The van der Waals surface area contributed by atoms with E-state index in [1.54, 1.807) is 24.3 Å². The van der Waals surface area contributed by atoms with Crippen LogP contribution in [0.3, 0.4) is 0 Å². The molecule has 1 aromatic carbocycles. The Hall–Kier alpha value is -1.55. The molecule has 4 nitrogen and oxygen atoms in total. The van der Waals surface area contributed by atoms with Gasteiger partial charge in [0.05, 0.1) is 0 Å². The van der Waals surface area contributed by atoms with Gasteiger partial charge in [-0.15, -0.1) is 0 Å². The number of aliphatic carboxylic acids is 1. The van der Waals surface area contributed by atoms with Gasteiger partial charge in [-0.3, -0.25) is 0 Å². The Morgan fingerprint density at radius 3 is 1.83 bits per heavy atom. The third-order valence-electron chi connectivity index (χ3n) is 0.891. The fourth-order valence-electron chi connectivity index (χ4n) is 0.428. The summed E-state index contributed by atoms with van der Waals surface area (Å²) in [5, 5.41) is 23.6. The van der Waals surface area contributed by atoms with Crippen molar-refractivity contribution in [3.05, 3.63) is 30.3 Å². The maximum absolute atomic E-state index is 9.12. The number of hydrogen-bond donors (Lipinski definition) is 3. The van der Waals surface area contributed by atoms with Crippen molar-refractivity contribution in [2.75, 3.05) is 6.61 Å². The molecule has 0 bridgehead atoms. The third kappa shape index (κ3) is 6.57. The van der Waals surface area contributed by atoms with Gasteiger partial charge in [-0.1, -0.05) is 18.2 Å². The molecule has 1 aromatic rings. The molecule has 0 radical (unpaired) electrons. The first kappa shape index (κ1) is 10.4. The van der Waals surface area contributed by atoms with E-state index in [1.807, 2.05) is 6.07 Å². The molecule has 0 aliphatic heterocycles. The molecule has 0 aliphatic carbocycles. The average Bonchev–Trinajstić information content (AvgIpc) is 2.07. The highest BCUT2D eigenvalue weighted by molar-refractivity contribution is 5.67. The topological polar surface area (TPSA) is 77.8 Å². The van der Waals surface area contributed by atoms with Gasteiger partial charge in [-0.2, -0.15) is 0 Å². The Morgan fingerprint density at radius 2 is 1.67 bits per heavy atom. The summed E-state index contributed by atoms with van der Waals surface area (Å²) in [5.74, 6) is -0.868. The van der Waals surface area contributed by atoms with Crippen LogP contribution in [0.4, 0.5) is 0 Å². The first-order valence-electron chi connectivity index (χ1n) is 3.23. The van der Waals surface area contributed by atoms with E-state index in [0.29, 0.717) is 5.75 Å². The van der Waals surface area contributed by atoms with Crippen molar-refractivity contribution in [2.45, 2.75) is 0 Å². The second-order valence-electron chi connectivity index (χ2n) is 1.89. The number of phenols is 1.